The maximum atomic E-state index is 5.89. The van der Waals surface area contributed by atoms with Crippen molar-refractivity contribution in [3.05, 3.63) is 40.8 Å². The zero-order valence-corrected chi connectivity index (χ0v) is 11.0. The Bertz CT molecular complexity index is 699. The van der Waals surface area contributed by atoms with Crippen molar-refractivity contribution in [3.8, 4) is 11.6 Å². The summed E-state index contributed by atoms with van der Waals surface area (Å²) in [6.07, 6.45) is 3.31. The molecule has 0 fully saturated rings. The second-order valence-corrected chi connectivity index (χ2v) is 5.24. The van der Waals surface area contributed by atoms with Gasteiger partial charge in [-0.2, -0.15) is 4.98 Å². The number of fused-ring (bicyclic) bond motifs is 1. The smallest absolute Gasteiger partial charge is 0.232 e. The van der Waals surface area contributed by atoms with E-state index in [0.717, 1.165) is 15.1 Å². The van der Waals surface area contributed by atoms with Gasteiger partial charge in [0.05, 0.1) is 11.6 Å². The molecule has 0 saturated heterocycles. The zero-order valence-electron chi connectivity index (χ0n) is 9.42. The van der Waals surface area contributed by atoms with Crippen LogP contribution in [0.1, 0.15) is 4.88 Å². The first-order chi connectivity index (χ1) is 8.72. The molecule has 3 heterocycles. The van der Waals surface area contributed by atoms with Gasteiger partial charge < -0.3 is 4.74 Å². The highest BCUT2D eigenvalue weighted by Gasteiger charge is 2.11. The zero-order chi connectivity index (χ0) is 12.5. The van der Waals surface area contributed by atoms with Gasteiger partial charge in [0.25, 0.3) is 0 Å². The number of aromatic nitrogens is 3. The lowest BCUT2D eigenvalue weighted by Crippen LogP contribution is -1.91. The number of thiophene rings is 1. The van der Waals surface area contributed by atoms with Crippen molar-refractivity contribution in [2.75, 3.05) is 0 Å². The summed E-state index contributed by atoms with van der Waals surface area (Å²) in [5.74, 6) is 1.08. The SMILES string of the molecule is Cc1cc2c(Oc3cccnc3)nc(Cl)nc2s1. The lowest BCUT2D eigenvalue weighted by molar-refractivity contribution is 0.466. The van der Waals surface area contributed by atoms with Gasteiger partial charge in [-0.05, 0) is 36.7 Å². The van der Waals surface area contributed by atoms with Gasteiger partial charge >= 0.3 is 0 Å². The molecular formula is C12H8ClN3OS. The molecule has 0 spiro atoms. The van der Waals surface area contributed by atoms with Crippen LogP contribution < -0.4 is 4.74 Å². The van der Waals surface area contributed by atoms with E-state index in [0.29, 0.717) is 11.6 Å². The fourth-order valence-corrected chi connectivity index (χ4v) is 2.67. The highest BCUT2D eigenvalue weighted by molar-refractivity contribution is 7.18. The normalized spacial score (nSPS) is 10.8. The van der Waals surface area contributed by atoms with Crippen LogP contribution in [0.5, 0.6) is 11.6 Å². The fraction of sp³-hybridized carbons (Fsp3) is 0.0833. The van der Waals surface area contributed by atoms with E-state index in [4.69, 9.17) is 16.3 Å². The monoisotopic (exact) mass is 277 g/mol. The first-order valence-electron chi connectivity index (χ1n) is 5.24. The van der Waals surface area contributed by atoms with E-state index < -0.39 is 0 Å². The van der Waals surface area contributed by atoms with Crippen molar-refractivity contribution in [3.63, 3.8) is 0 Å². The standard InChI is InChI=1S/C12H8ClN3OS/c1-7-5-9-10(15-12(13)16-11(9)18-7)17-8-3-2-4-14-6-8/h2-6H,1H3. The Labute approximate surface area is 112 Å². The van der Waals surface area contributed by atoms with E-state index in [-0.39, 0.29) is 5.28 Å². The molecule has 6 heteroatoms. The Hall–Kier alpha value is -1.72. The van der Waals surface area contributed by atoms with E-state index in [1.54, 1.807) is 29.8 Å². The van der Waals surface area contributed by atoms with Crippen LogP contribution in [0.15, 0.2) is 30.6 Å². The number of hydrogen-bond donors (Lipinski definition) is 0. The van der Waals surface area contributed by atoms with Crippen LogP contribution in [0.3, 0.4) is 0 Å². The average molecular weight is 278 g/mol. The molecule has 0 bridgehead atoms. The number of rotatable bonds is 2. The summed E-state index contributed by atoms with van der Waals surface area (Å²) in [4.78, 5) is 14.2. The summed E-state index contributed by atoms with van der Waals surface area (Å²) in [5, 5.41) is 1.05. The summed E-state index contributed by atoms with van der Waals surface area (Å²) in [5.41, 5.74) is 0. The second kappa shape index (κ2) is 4.51. The molecule has 0 radical (unpaired) electrons. The molecule has 3 aromatic rings. The predicted octanol–water partition coefficient (Wildman–Crippen LogP) is 3.84. The summed E-state index contributed by atoms with van der Waals surface area (Å²) < 4.78 is 5.69. The van der Waals surface area contributed by atoms with Crippen LogP contribution >= 0.6 is 22.9 Å². The first-order valence-corrected chi connectivity index (χ1v) is 6.43. The Morgan fingerprint density at radius 2 is 2.22 bits per heavy atom. The van der Waals surface area contributed by atoms with Crippen molar-refractivity contribution in [2.24, 2.45) is 0 Å². The molecular weight excluding hydrogens is 270 g/mol. The van der Waals surface area contributed by atoms with Gasteiger partial charge in [0.15, 0.2) is 0 Å². The minimum atomic E-state index is 0.184. The van der Waals surface area contributed by atoms with Crippen LogP contribution in [0.4, 0.5) is 0 Å². The number of nitrogens with zero attached hydrogens (tertiary/aromatic N) is 3. The highest BCUT2D eigenvalue weighted by Crippen LogP contribution is 2.33. The van der Waals surface area contributed by atoms with E-state index in [1.165, 1.54) is 0 Å². The maximum Gasteiger partial charge on any atom is 0.232 e. The van der Waals surface area contributed by atoms with Crippen molar-refractivity contribution < 1.29 is 4.74 Å². The Balaban J connectivity index is 2.10. The molecule has 0 aliphatic rings. The molecule has 0 unspecified atom stereocenters. The summed E-state index contributed by atoms with van der Waals surface area (Å²) in [6, 6.07) is 5.60. The third kappa shape index (κ3) is 2.14. The molecule has 0 aliphatic carbocycles. The van der Waals surface area contributed by atoms with E-state index in [9.17, 15) is 0 Å². The third-order valence-corrected chi connectivity index (χ3v) is 3.42. The summed E-state index contributed by atoms with van der Waals surface area (Å²) in [6.45, 7) is 2.01. The van der Waals surface area contributed by atoms with Crippen LogP contribution in [-0.4, -0.2) is 15.0 Å². The van der Waals surface area contributed by atoms with Crippen LogP contribution in [0, 0.1) is 6.92 Å². The van der Waals surface area contributed by atoms with E-state index >= 15 is 0 Å². The van der Waals surface area contributed by atoms with Gasteiger partial charge in [-0.15, -0.1) is 11.3 Å². The fourth-order valence-electron chi connectivity index (χ4n) is 1.59. The Morgan fingerprint density at radius 3 is 3.00 bits per heavy atom. The molecule has 0 saturated carbocycles. The number of hydrogen-bond acceptors (Lipinski definition) is 5. The Kier molecular flexibility index (Phi) is 2.85. The lowest BCUT2D eigenvalue weighted by atomic mass is 10.3. The quantitative estimate of drug-likeness (QED) is 0.668. The van der Waals surface area contributed by atoms with Gasteiger partial charge in [0.2, 0.25) is 11.2 Å². The summed E-state index contributed by atoms with van der Waals surface area (Å²) >= 11 is 7.45. The number of aryl methyl sites for hydroxylation is 1. The molecule has 90 valence electrons. The van der Waals surface area contributed by atoms with Crippen molar-refractivity contribution >= 4 is 33.2 Å². The van der Waals surface area contributed by atoms with Crippen LogP contribution in [-0.2, 0) is 0 Å². The second-order valence-electron chi connectivity index (χ2n) is 3.66. The largest absolute Gasteiger partial charge is 0.437 e. The van der Waals surface area contributed by atoms with Crippen molar-refractivity contribution in [2.45, 2.75) is 6.92 Å². The topological polar surface area (TPSA) is 47.9 Å². The molecule has 3 aromatic heterocycles. The van der Waals surface area contributed by atoms with Gasteiger partial charge in [-0.3, -0.25) is 4.98 Å². The molecule has 0 amide bonds. The molecule has 18 heavy (non-hydrogen) atoms. The number of pyridine rings is 1. The van der Waals surface area contributed by atoms with Gasteiger partial charge in [-0.25, -0.2) is 4.98 Å². The minimum absolute atomic E-state index is 0.184. The van der Waals surface area contributed by atoms with E-state index in [1.807, 2.05) is 19.1 Å². The molecule has 0 aromatic carbocycles. The van der Waals surface area contributed by atoms with Gasteiger partial charge in [0, 0.05) is 11.1 Å². The van der Waals surface area contributed by atoms with Gasteiger partial charge in [-0.1, -0.05) is 0 Å². The average Bonchev–Trinajstić information content (AvgIpc) is 2.71. The Morgan fingerprint density at radius 1 is 1.33 bits per heavy atom. The van der Waals surface area contributed by atoms with Crippen LogP contribution in [0.25, 0.3) is 10.2 Å². The van der Waals surface area contributed by atoms with E-state index in [2.05, 4.69) is 15.0 Å². The highest BCUT2D eigenvalue weighted by atomic mass is 35.5. The third-order valence-electron chi connectivity index (χ3n) is 2.30. The molecule has 3 rings (SSSR count). The van der Waals surface area contributed by atoms with Gasteiger partial charge in [0.1, 0.15) is 10.6 Å². The summed E-state index contributed by atoms with van der Waals surface area (Å²) in [7, 11) is 0. The molecule has 0 N–H and O–H groups in total. The first kappa shape index (κ1) is 11.4. The van der Waals surface area contributed by atoms with Crippen LogP contribution in [0.2, 0.25) is 5.28 Å². The molecule has 0 aliphatic heterocycles. The number of ether oxygens (including phenoxy) is 1. The van der Waals surface area contributed by atoms with Crippen molar-refractivity contribution in [1.82, 2.24) is 15.0 Å². The minimum Gasteiger partial charge on any atom is -0.437 e. The lowest BCUT2D eigenvalue weighted by Gasteiger charge is -2.04. The molecule has 4 nitrogen and oxygen atoms in total. The predicted molar refractivity (Wildman–Crippen MR) is 71.5 cm³/mol. The van der Waals surface area contributed by atoms with Crippen molar-refractivity contribution in [1.29, 1.82) is 0 Å². The number of halogens is 1. The molecule has 0 atom stereocenters. The maximum absolute atomic E-state index is 5.89.